The molecule has 0 saturated carbocycles. The lowest BCUT2D eigenvalue weighted by molar-refractivity contribution is -0.134. The summed E-state index contributed by atoms with van der Waals surface area (Å²) in [7, 11) is -3.81. The predicted molar refractivity (Wildman–Crippen MR) is 186 cm³/mol. The average molecular weight is 733 g/mol. The first-order valence-corrected chi connectivity index (χ1v) is 18.8. The Bertz CT molecular complexity index is 1650. The van der Waals surface area contributed by atoms with Crippen molar-refractivity contribution >= 4 is 19.2 Å². The highest BCUT2D eigenvalue weighted by Gasteiger charge is 2.46. The standard InChI is InChI=1S/C35H50FN6O8P/c1-3-4-5-6-7-8-9-10-11-12-13-14-29(48-21-27-17-26(20-37)18-28(36)19-27)22-49-51(45,46)50-24-35(23-38,47-2)33(44)32(43)30-15-16-31-34(39)40-25-41-42(30)31/h15-19,25,29,32-33,43-44H,3-14,21-22,24H2,1-2H3,(H,45,46)(H2,39,40,41)/t29-,32-,33-,35+/m0/s1. The van der Waals surface area contributed by atoms with Gasteiger partial charge in [0.15, 0.2) is 5.82 Å². The molecule has 0 aliphatic heterocycles. The van der Waals surface area contributed by atoms with Gasteiger partial charge in [0.25, 0.3) is 0 Å². The molecule has 0 bridgehead atoms. The van der Waals surface area contributed by atoms with Crippen LogP contribution in [-0.4, -0.2) is 67.8 Å². The SMILES string of the molecule is CCCCCCCCCCCCC[C@@H](COP(=O)(O)OC[C@@](C#N)(OC)[C@@H](O)[C@@H](O)c1ccc2c(N)ncnn12)OCc1cc(F)cc(C#N)c1. The van der Waals surface area contributed by atoms with Crippen LogP contribution in [0.15, 0.2) is 36.7 Å². The lowest BCUT2D eigenvalue weighted by Gasteiger charge is -2.33. The number of aromatic nitrogens is 3. The first-order chi connectivity index (χ1) is 24.5. The van der Waals surface area contributed by atoms with Crippen LogP contribution in [0.4, 0.5) is 10.2 Å². The van der Waals surface area contributed by atoms with E-state index in [0.29, 0.717) is 17.5 Å². The first kappa shape index (κ1) is 41.9. The number of phosphoric acid groups is 1. The number of nitrogen functional groups attached to an aromatic ring is 1. The van der Waals surface area contributed by atoms with Crippen molar-refractivity contribution in [2.75, 3.05) is 26.1 Å². The molecule has 5 N–H and O–H groups in total. The monoisotopic (exact) mass is 732 g/mol. The van der Waals surface area contributed by atoms with Gasteiger partial charge in [-0.1, -0.05) is 77.6 Å². The molecular formula is C35H50FN6O8P. The number of phosphoric ester groups is 1. The fourth-order valence-corrected chi connectivity index (χ4v) is 6.46. The summed E-state index contributed by atoms with van der Waals surface area (Å²) in [6.45, 7) is 0.776. The summed E-state index contributed by atoms with van der Waals surface area (Å²) in [5.41, 5.74) is 4.47. The third-order valence-corrected chi connectivity index (χ3v) is 9.64. The zero-order valence-electron chi connectivity index (χ0n) is 29.3. The van der Waals surface area contributed by atoms with Gasteiger partial charge >= 0.3 is 7.82 Å². The highest BCUT2D eigenvalue weighted by molar-refractivity contribution is 7.47. The topological polar surface area (TPSA) is 218 Å². The van der Waals surface area contributed by atoms with Crippen molar-refractivity contribution < 1.29 is 42.6 Å². The van der Waals surface area contributed by atoms with Crippen LogP contribution in [0.3, 0.4) is 0 Å². The number of aliphatic hydroxyl groups excluding tert-OH is 2. The van der Waals surface area contributed by atoms with Crippen molar-refractivity contribution in [3.05, 3.63) is 59.3 Å². The Labute approximate surface area is 298 Å². The number of nitrogens with zero attached hydrogens (tertiary/aromatic N) is 5. The quantitative estimate of drug-likeness (QED) is 0.0577. The van der Waals surface area contributed by atoms with Crippen LogP contribution in [0.2, 0.25) is 0 Å². The first-order valence-electron chi connectivity index (χ1n) is 17.3. The van der Waals surface area contributed by atoms with Crippen LogP contribution in [0.5, 0.6) is 0 Å². The van der Waals surface area contributed by atoms with Gasteiger partial charge in [-0.25, -0.2) is 18.5 Å². The highest BCUT2D eigenvalue weighted by atomic mass is 31.2. The van der Waals surface area contributed by atoms with E-state index in [1.54, 1.807) is 6.07 Å². The Balaban J connectivity index is 1.59. The minimum Gasteiger partial charge on any atom is -0.386 e. The molecule has 0 spiro atoms. The Morgan fingerprint density at radius 1 is 1.02 bits per heavy atom. The van der Waals surface area contributed by atoms with E-state index in [9.17, 15) is 34.6 Å². The van der Waals surface area contributed by atoms with Crippen LogP contribution in [0.25, 0.3) is 5.52 Å². The normalized spacial score (nSPS) is 15.8. The summed E-state index contributed by atoms with van der Waals surface area (Å²) < 4.78 is 49.8. The molecule has 1 unspecified atom stereocenters. The van der Waals surface area contributed by atoms with Gasteiger partial charge < -0.3 is 30.3 Å². The maximum Gasteiger partial charge on any atom is 0.472 e. The average Bonchev–Trinajstić information content (AvgIpc) is 3.57. The van der Waals surface area contributed by atoms with E-state index in [-0.39, 0.29) is 30.3 Å². The van der Waals surface area contributed by atoms with E-state index in [1.807, 2.05) is 6.07 Å². The van der Waals surface area contributed by atoms with E-state index in [0.717, 1.165) is 45.2 Å². The van der Waals surface area contributed by atoms with Gasteiger partial charge in [-0.05, 0) is 42.3 Å². The van der Waals surface area contributed by atoms with Crippen LogP contribution >= 0.6 is 7.82 Å². The molecule has 3 rings (SSSR count). The molecule has 0 saturated heterocycles. The summed E-state index contributed by atoms with van der Waals surface area (Å²) in [6.07, 6.45) is 9.66. The predicted octanol–water partition coefficient (Wildman–Crippen LogP) is 6.05. The molecule has 0 fully saturated rings. The van der Waals surface area contributed by atoms with Gasteiger partial charge in [-0.3, -0.25) is 9.05 Å². The van der Waals surface area contributed by atoms with E-state index in [1.165, 1.54) is 73.7 Å². The van der Waals surface area contributed by atoms with Crippen molar-refractivity contribution in [3.8, 4) is 12.1 Å². The second kappa shape index (κ2) is 21.1. The lowest BCUT2D eigenvalue weighted by Crippen LogP contribution is -2.50. The van der Waals surface area contributed by atoms with E-state index < -0.39 is 44.2 Å². The van der Waals surface area contributed by atoms with Gasteiger partial charge in [-0.2, -0.15) is 15.6 Å². The summed E-state index contributed by atoms with van der Waals surface area (Å²) >= 11 is 0. The largest absolute Gasteiger partial charge is 0.472 e. The smallest absolute Gasteiger partial charge is 0.386 e. The number of benzene rings is 1. The molecule has 280 valence electrons. The maximum absolute atomic E-state index is 14.0. The van der Waals surface area contributed by atoms with Crippen molar-refractivity contribution in [2.45, 2.75) is 114 Å². The molecule has 14 nitrogen and oxygen atoms in total. The summed E-state index contributed by atoms with van der Waals surface area (Å²) in [6, 6.07) is 10.4. The van der Waals surface area contributed by atoms with Crippen LogP contribution in [0, 0.1) is 28.5 Å². The van der Waals surface area contributed by atoms with E-state index in [2.05, 4.69) is 17.0 Å². The van der Waals surface area contributed by atoms with Gasteiger partial charge in [0.1, 0.15) is 42.5 Å². The zero-order valence-corrected chi connectivity index (χ0v) is 30.2. The van der Waals surface area contributed by atoms with E-state index in [4.69, 9.17) is 24.3 Å². The summed E-state index contributed by atoms with van der Waals surface area (Å²) in [5, 5.41) is 45.3. The minimum atomic E-state index is -4.88. The number of unbranched alkanes of at least 4 members (excludes halogenated alkanes) is 10. The van der Waals surface area contributed by atoms with Gasteiger partial charge in [0, 0.05) is 7.11 Å². The molecule has 2 heterocycles. The van der Waals surface area contributed by atoms with Crippen molar-refractivity contribution in [2.24, 2.45) is 0 Å². The fraction of sp³-hybridized carbons (Fsp3) is 0.600. The second-order valence-electron chi connectivity index (χ2n) is 12.6. The minimum absolute atomic E-state index is 0.0503. The molecule has 2 aromatic heterocycles. The highest BCUT2D eigenvalue weighted by Crippen LogP contribution is 2.45. The number of methoxy groups -OCH3 is 1. The number of rotatable bonds is 25. The molecule has 0 radical (unpaired) electrons. The van der Waals surface area contributed by atoms with Crippen LogP contribution in [0.1, 0.15) is 107 Å². The Kier molecular flexibility index (Phi) is 17.4. The third-order valence-electron chi connectivity index (χ3n) is 8.71. The summed E-state index contributed by atoms with van der Waals surface area (Å²) in [5.74, 6) is -0.473. The number of hydrogen-bond donors (Lipinski definition) is 4. The Morgan fingerprint density at radius 3 is 2.31 bits per heavy atom. The van der Waals surface area contributed by atoms with Gasteiger partial charge in [0.2, 0.25) is 5.60 Å². The fourth-order valence-electron chi connectivity index (χ4n) is 5.68. The van der Waals surface area contributed by atoms with Gasteiger partial charge in [-0.15, -0.1) is 0 Å². The molecule has 3 aromatic rings. The third kappa shape index (κ3) is 12.9. The van der Waals surface area contributed by atoms with Crippen molar-refractivity contribution in [3.63, 3.8) is 0 Å². The van der Waals surface area contributed by atoms with E-state index >= 15 is 0 Å². The molecular weight excluding hydrogens is 682 g/mol. The number of nitriles is 2. The number of halogens is 1. The summed E-state index contributed by atoms with van der Waals surface area (Å²) in [4.78, 5) is 14.4. The molecule has 5 atom stereocenters. The number of anilines is 1. The Morgan fingerprint density at radius 2 is 1.69 bits per heavy atom. The molecule has 16 heteroatoms. The Hall–Kier alpha value is -3.50. The number of ether oxygens (including phenoxy) is 2. The number of nitrogens with two attached hydrogens (primary N) is 1. The van der Waals surface area contributed by atoms with Crippen LogP contribution < -0.4 is 5.73 Å². The number of aliphatic hydroxyl groups is 2. The van der Waals surface area contributed by atoms with Crippen molar-refractivity contribution in [1.82, 2.24) is 14.6 Å². The molecule has 1 aromatic carbocycles. The van der Waals surface area contributed by atoms with Crippen molar-refractivity contribution in [1.29, 1.82) is 10.5 Å². The zero-order chi connectivity index (χ0) is 37.3. The molecule has 0 amide bonds. The number of hydrogen-bond acceptors (Lipinski definition) is 12. The molecule has 51 heavy (non-hydrogen) atoms. The number of fused-ring (bicyclic) bond motifs is 1. The molecule has 0 aliphatic rings. The van der Waals surface area contributed by atoms with Crippen LogP contribution in [-0.2, 0) is 29.7 Å². The molecule has 0 aliphatic carbocycles. The maximum atomic E-state index is 14.0. The second-order valence-corrected chi connectivity index (χ2v) is 14.0. The lowest BCUT2D eigenvalue weighted by atomic mass is 9.93. The van der Waals surface area contributed by atoms with Gasteiger partial charge in [0.05, 0.1) is 36.6 Å².